The molecule has 0 aliphatic carbocycles. The van der Waals surface area contributed by atoms with E-state index < -0.39 is 5.97 Å². The Bertz CT molecular complexity index is 535. The first kappa shape index (κ1) is 12.2. The van der Waals surface area contributed by atoms with Crippen molar-refractivity contribution in [3.05, 3.63) is 35.5 Å². The van der Waals surface area contributed by atoms with Gasteiger partial charge in [-0.2, -0.15) is 0 Å². The molecule has 5 nitrogen and oxygen atoms in total. The summed E-state index contributed by atoms with van der Waals surface area (Å²) in [5, 5.41) is 5.63. The average molecular weight is 246 g/mol. The highest BCUT2D eigenvalue weighted by molar-refractivity contribution is 6.13. The molecular formula is C13H14N2O3. The second-order valence-electron chi connectivity index (χ2n) is 3.94. The third kappa shape index (κ3) is 2.51. The number of carbonyl (C=O) groups is 2. The van der Waals surface area contributed by atoms with E-state index >= 15 is 0 Å². The van der Waals surface area contributed by atoms with Crippen molar-refractivity contribution in [2.24, 2.45) is 0 Å². The minimum atomic E-state index is -0.536. The van der Waals surface area contributed by atoms with E-state index in [-0.39, 0.29) is 18.2 Å². The van der Waals surface area contributed by atoms with Crippen molar-refractivity contribution < 1.29 is 14.3 Å². The summed E-state index contributed by atoms with van der Waals surface area (Å²) in [5.41, 5.74) is 2.72. The Morgan fingerprint density at radius 2 is 2.11 bits per heavy atom. The summed E-state index contributed by atoms with van der Waals surface area (Å²) >= 11 is 0. The zero-order valence-corrected chi connectivity index (χ0v) is 10.2. The maximum Gasteiger partial charge on any atom is 0.333 e. The molecule has 1 aromatic carbocycles. The van der Waals surface area contributed by atoms with Crippen LogP contribution in [0.2, 0.25) is 0 Å². The summed E-state index contributed by atoms with van der Waals surface area (Å²) in [6, 6.07) is 5.62. The quantitative estimate of drug-likeness (QED) is 0.617. The van der Waals surface area contributed by atoms with E-state index in [0.29, 0.717) is 5.69 Å². The number of carbonyl (C=O) groups excluding carboxylic acids is 2. The number of hydrogen-bond acceptors (Lipinski definition) is 4. The van der Waals surface area contributed by atoms with Gasteiger partial charge in [0.2, 0.25) is 0 Å². The topological polar surface area (TPSA) is 67.4 Å². The normalized spacial score (nSPS) is 15.7. The highest BCUT2D eigenvalue weighted by Crippen LogP contribution is 2.28. The number of nitrogens with one attached hydrogen (secondary N) is 2. The van der Waals surface area contributed by atoms with Crippen LogP contribution in [0, 0.1) is 6.92 Å². The summed E-state index contributed by atoms with van der Waals surface area (Å²) in [7, 11) is 0. The predicted molar refractivity (Wildman–Crippen MR) is 68.1 cm³/mol. The molecule has 5 heteroatoms. The van der Waals surface area contributed by atoms with Crippen molar-refractivity contribution in [2.75, 3.05) is 17.2 Å². The van der Waals surface area contributed by atoms with E-state index in [1.807, 2.05) is 25.1 Å². The van der Waals surface area contributed by atoms with Gasteiger partial charge in [-0.25, -0.2) is 4.79 Å². The maximum atomic E-state index is 11.7. The van der Waals surface area contributed by atoms with Crippen LogP contribution in [0.25, 0.3) is 0 Å². The van der Waals surface area contributed by atoms with Crippen molar-refractivity contribution >= 4 is 23.3 Å². The highest BCUT2D eigenvalue weighted by Gasteiger charge is 2.20. The molecule has 94 valence electrons. The van der Waals surface area contributed by atoms with Gasteiger partial charge in [0.25, 0.3) is 5.91 Å². The molecule has 1 aromatic rings. The van der Waals surface area contributed by atoms with Gasteiger partial charge in [0.1, 0.15) is 5.70 Å². The Balaban J connectivity index is 2.27. The van der Waals surface area contributed by atoms with Crippen LogP contribution >= 0.6 is 0 Å². The van der Waals surface area contributed by atoms with Crippen LogP contribution in [0.3, 0.4) is 0 Å². The van der Waals surface area contributed by atoms with E-state index in [0.717, 1.165) is 17.3 Å². The van der Waals surface area contributed by atoms with Crippen molar-refractivity contribution in [1.29, 1.82) is 0 Å². The molecule has 0 unspecified atom stereocenters. The number of rotatable bonds is 2. The number of anilines is 2. The van der Waals surface area contributed by atoms with Gasteiger partial charge < -0.3 is 15.4 Å². The molecule has 18 heavy (non-hydrogen) atoms. The van der Waals surface area contributed by atoms with Crippen LogP contribution < -0.4 is 10.6 Å². The fourth-order valence-electron chi connectivity index (χ4n) is 1.67. The molecule has 2 rings (SSSR count). The lowest BCUT2D eigenvalue weighted by molar-refractivity contribution is -0.137. The molecule has 0 bridgehead atoms. The lowest BCUT2D eigenvalue weighted by atomic mass is 10.1. The smallest absolute Gasteiger partial charge is 0.333 e. The van der Waals surface area contributed by atoms with Gasteiger partial charge >= 0.3 is 5.97 Å². The summed E-state index contributed by atoms with van der Waals surface area (Å²) in [6.45, 7) is 3.94. The number of ether oxygens (including phenoxy) is 1. The number of hydrogen-bond donors (Lipinski definition) is 2. The van der Waals surface area contributed by atoms with Crippen molar-refractivity contribution in [2.45, 2.75) is 13.8 Å². The summed E-state index contributed by atoms with van der Waals surface area (Å²) in [5.74, 6) is -0.884. The third-order valence-corrected chi connectivity index (χ3v) is 2.49. The third-order valence-electron chi connectivity index (χ3n) is 2.49. The number of fused-ring (bicyclic) bond motifs is 1. The number of benzene rings is 1. The minimum Gasteiger partial charge on any atom is -0.463 e. The molecule has 1 amide bonds. The lowest BCUT2D eigenvalue weighted by Crippen LogP contribution is -2.26. The van der Waals surface area contributed by atoms with Crippen molar-refractivity contribution in [3.63, 3.8) is 0 Å². The molecule has 1 aliphatic heterocycles. The van der Waals surface area contributed by atoms with Crippen LogP contribution in [-0.4, -0.2) is 18.5 Å². The molecule has 1 aliphatic rings. The Labute approximate surface area is 105 Å². The van der Waals surface area contributed by atoms with E-state index in [1.54, 1.807) is 6.92 Å². The van der Waals surface area contributed by atoms with Gasteiger partial charge in [0.05, 0.1) is 24.1 Å². The van der Waals surface area contributed by atoms with Gasteiger partial charge in [0.15, 0.2) is 0 Å². The molecular weight excluding hydrogens is 232 g/mol. The second kappa shape index (κ2) is 4.91. The second-order valence-corrected chi connectivity index (χ2v) is 3.94. The van der Waals surface area contributed by atoms with E-state index in [1.165, 1.54) is 0 Å². The lowest BCUT2D eigenvalue weighted by Gasteiger charge is -2.21. The van der Waals surface area contributed by atoms with E-state index in [2.05, 4.69) is 10.6 Å². The number of aryl methyl sites for hydroxylation is 1. The van der Waals surface area contributed by atoms with Crippen molar-refractivity contribution in [3.8, 4) is 0 Å². The number of amides is 1. The molecule has 0 aromatic heterocycles. The number of esters is 1. The van der Waals surface area contributed by atoms with E-state index in [9.17, 15) is 9.59 Å². The molecule has 1 heterocycles. The zero-order valence-electron chi connectivity index (χ0n) is 10.2. The first-order valence-electron chi connectivity index (χ1n) is 5.67. The Hall–Kier alpha value is -2.30. The Morgan fingerprint density at radius 3 is 2.83 bits per heavy atom. The van der Waals surface area contributed by atoms with Gasteiger partial charge in [-0.15, -0.1) is 0 Å². The highest BCUT2D eigenvalue weighted by atomic mass is 16.5. The van der Waals surface area contributed by atoms with E-state index in [4.69, 9.17) is 4.74 Å². The van der Waals surface area contributed by atoms with Crippen LogP contribution in [0.5, 0.6) is 0 Å². The zero-order chi connectivity index (χ0) is 13.1. The van der Waals surface area contributed by atoms with Crippen LogP contribution in [0.1, 0.15) is 12.5 Å². The first-order valence-corrected chi connectivity index (χ1v) is 5.67. The summed E-state index contributed by atoms with van der Waals surface area (Å²) in [4.78, 5) is 23.0. The Kier molecular flexibility index (Phi) is 3.32. The van der Waals surface area contributed by atoms with Gasteiger partial charge in [-0.3, -0.25) is 4.79 Å². The maximum absolute atomic E-state index is 11.7. The summed E-state index contributed by atoms with van der Waals surface area (Å²) < 4.78 is 4.77. The molecule has 0 saturated carbocycles. The van der Waals surface area contributed by atoms with Crippen LogP contribution in [0.15, 0.2) is 30.0 Å². The monoisotopic (exact) mass is 246 g/mol. The molecule has 0 spiro atoms. The minimum absolute atomic E-state index is 0.187. The largest absolute Gasteiger partial charge is 0.463 e. The first-order chi connectivity index (χ1) is 8.60. The molecule has 0 fully saturated rings. The molecule has 2 N–H and O–H groups in total. The Morgan fingerprint density at radius 1 is 1.33 bits per heavy atom. The molecule has 0 radical (unpaired) electrons. The summed E-state index contributed by atoms with van der Waals surface area (Å²) in [6.07, 6.45) is 1.16. The SMILES string of the molecule is CCOC(=O)/C=C1/Nc2cc(C)ccc2NC1=O. The van der Waals surface area contributed by atoms with Crippen LogP contribution in [0.4, 0.5) is 11.4 Å². The molecule has 0 saturated heterocycles. The average Bonchev–Trinajstić information content (AvgIpc) is 2.31. The fourth-order valence-corrected chi connectivity index (χ4v) is 1.67. The fraction of sp³-hybridized carbons (Fsp3) is 0.231. The van der Waals surface area contributed by atoms with Crippen LogP contribution in [-0.2, 0) is 14.3 Å². The standard InChI is InChI=1S/C13H14N2O3/c1-3-18-12(16)7-11-13(17)15-9-5-4-8(2)6-10(9)14-11/h4-7,14H,3H2,1-2H3,(H,15,17)/b11-7+. The van der Waals surface area contributed by atoms with Gasteiger partial charge in [-0.05, 0) is 31.5 Å². The predicted octanol–water partition coefficient (Wildman–Crippen LogP) is 1.81. The van der Waals surface area contributed by atoms with Crippen molar-refractivity contribution in [1.82, 2.24) is 0 Å². The van der Waals surface area contributed by atoms with Gasteiger partial charge in [-0.1, -0.05) is 6.07 Å². The van der Waals surface area contributed by atoms with Gasteiger partial charge in [0, 0.05) is 0 Å². The molecule has 0 atom stereocenters.